The Hall–Kier alpha value is -1.99. The van der Waals surface area contributed by atoms with E-state index in [1.54, 1.807) is 13.3 Å². The smallest absolute Gasteiger partial charge is 0.303 e. The lowest BCUT2D eigenvalue weighted by molar-refractivity contribution is -0.140. The number of nitrogens with zero attached hydrogens (tertiary/aromatic N) is 2. The number of benzene rings is 2. The zero-order valence-electron chi connectivity index (χ0n) is 20.5. The van der Waals surface area contributed by atoms with Gasteiger partial charge in [0.05, 0.1) is 24.1 Å². The van der Waals surface area contributed by atoms with Crippen molar-refractivity contribution in [1.29, 1.82) is 0 Å². The maximum atomic E-state index is 11.8. The molecule has 0 radical (unpaired) electrons. The predicted molar refractivity (Wildman–Crippen MR) is 149 cm³/mol. The summed E-state index contributed by atoms with van der Waals surface area (Å²) in [5.74, 6) is 1.05. The summed E-state index contributed by atoms with van der Waals surface area (Å²) in [6, 6.07) is 13.8. The zero-order valence-corrected chi connectivity index (χ0v) is 22.8. The minimum Gasteiger partial charge on any atom is -0.497 e. The molecule has 36 heavy (non-hydrogen) atoms. The second kappa shape index (κ2) is 12.5. The summed E-state index contributed by atoms with van der Waals surface area (Å²) in [4.78, 5) is 19.9. The van der Waals surface area contributed by atoms with Gasteiger partial charge in [0.2, 0.25) is 0 Å². The Morgan fingerprint density at radius 3 is 2.72 bits per heavy atom. The van der Waals surface area contributed by atoms with E-state index in [4.69, 9.17) is 27.9 Å². The highest BCUT2D eigenvalue weighted by atomic mass is 35.5. The van der Waals surface area contributed by atoms with Gasteiger partial charge in [0.15, 0.2) is 0 Å². The number of thioether (sulfide) groups is 1. The molecule has 0 spiro atoms. The number of aryl methyl sites for hydroxylation is 1. The molecule has 2 aromatic carbocycles. The van der Waals surface area contributed by atoms with Gasteiger partial charge < -0.3 is 14.7 Å². The Bertz CT molecular complexity index is 1200. The number of rotatable bonds is 11. The van der Waals surface area contributed by atoms with Gasteiger partial charge in [-0.25, -0.2) is 0 Å². The molecule has 0 amide bonds. The number of aliphatic carboxylic acids is 1. The van der Waals surface area contributed by atoms with Crippen molar-refractivity contribution in [2.75, 3.05) is 32.5 Å². The third kappa shape index (κ3) is 7.06. The van der Waals surface area contributed by atoms with Crippen LogP contribution in [0.4, 0.5) is 0 Å². The van der Waals surface area contributed by atoms with E-state index in [-0.39, 0.29) is 11.8 Å². The van der Waals surface area contributed by atoms with Gasteiger partial charge in [-0.2, -0.15) is 0 Å². The summed E-state index contributed by atoms with van der Waals surface area (Å²) >= 11 is 14.4. The third-order valence-corrected chi connectivity index (χ3v) is 8.72. The molecule has 0 saturated carbocycles. The van der Waals surface area contributed by atoms with Gasteiger partial charge in [-0.1, -0.05) is 29.3 Å². The van der Waals surface area contributed by atoms with Crippen LogP contribution in [0.15, 0.2) is 53.6 Å². The average molecular weight is 548 g/mol. The first-order chi connectivity index (χ1) is 17.4. The van der Waals surface area contributed by atoms with Gasteiger partial charge in [-0.05, 0) is 92.6 Å². The van der Waals surface area contributed by atoms with Crippen molar-refractivity contribution < 1.29 is 14.6 Å². The van der Waals surface area contributed by atoms with Crippen LogP contribution < -0.4 is 4.74 Å². The van der Waals surface area contributed by atoms with Crippen LogP contribution in [0.25, 0.3) is 10.9 Å². The SMILES string of the molecule is COc1ccc2ncc(Cl)c(CCCC3(CC(=O)O)CCN(CCSc4cccc(Cl)c4)CC3)c2c1. The highest BCUT2D eigenvalue weighted by molar-refractivity contribution is 7.99. The Labute approximate surface area is 227 Å². The highest BCUT2D eigenvalue weighted by Crippen LogP contribution is 2.41. The van der Waals surface area contributed by atoms with Crippen molar-refractivity contribution in [2.24, 2.45) is 5.41 Å². The second-order valence-corrected chi connectivity index (χ2v) is 11.6. The number of halogens is 2. The number of piperidine rings is 1. The van der Waals surface area contributed by atoms with Crippen molar-refractivity contribution in [1.82, 2.24) is 9.88 Å². The molecule has 1 aliphatic rings. The van der Waals surface area contributed by atoms with E-state index in [2.05, 4.69) is 16.0 Å². The Morgan fingerprint density at radius 1 is 1.19 bits per heavy atom. The van der Waals surface area contributed by atoms with Crippen LogP contribution in [0.1, 0.15) is 37.7 Å². The number of likely N-dealkylation sites (tertiary alicyclic amines) is 1. The summed E-state index contributed by atoms with van der Waals surface area (Å²) in [6.07, 6.45) is 6.27. The normalized spacial score (nSPS) is 15.8. The molecule has 0 bridgehead atoms. The number of carbonyl (C=O) groups is 1. The van der Waals surface area contributed by atoms with Crippen LogP contribution in [-0.4, -0.2) is 53.5 Å². The van der Waals surface area contributed by atoms with Crippen molar-refractivity contribution in [3.05, 3.63) is 64.3 Å². The summed E-state index contributed by atoms with van der Waals surface area (Å²) in [6.45, 7) is 2.85. The van der Waals surface area contributed by atoms with Crippen molar-refractivity contribution in [2.45, 2.75) is 43.4 Å². The molecule has 3 aromatic rings. The van der Waals surface area contributed by atoms with E-state index in [1.807, 2.05) is 48.2 Å². The van der Waals surface area contributed by atoms with E-state index >= 15 is 0 Å². The van der Waals surface area contributed by atoms with Crippen LogP contribution in [0.2, 0.25) is 10.0 Å². The zero-order chi connectivity index (χ0) is 25.5. The van der Waals surface area contributed by atoms with Crippen LogP contribution in [-0.2, 0) is 11.2 Å². The molecule has 1 aromatic heterocycles. The number of carboxylic acids is 1. The van der Waals surface area contributed by atoms with E-state index in [1.165, 1.54) is 4.90 Å². The molecule has 0 atom stereocenters. The summed E-state index contributed by atoms with van der Waals surface area (Å²) in [5.41, 5.74) is 1.77. The lowest BCUT2D eigenvalue weighted by Crippen LogP contribution is -2.42. The molecular formula is C28H32Cl2N2O3S. The second-order valence-electron chi connectivity index (χ2n) is 9.54. The fourth-order valence-corrected chi connectivity index (χ4v) is 6.63. The molecule has 192 valence electrons. The standard InChI is InChI=1S/C28H32Cl2N2O3S/c1-35-21-7-8-26-24(17-21)23(25(30)19-31-26)6-3-9-28(18-27(33)34)10-12-32(13-11-28)14-15-36-22-5-2-4-20(29)16-22/h2,4-5,7-8,16-17,19H,3,6,9-15,18H2,1H3,(H,33,34). The lowest BCUT2D eigenvalue weighted by Gasteiger charge is -2.41. The summed E-state index contributed by atoms with van der Waals surface area (Å²) in [5, 5.41) is 12.1. The topological polar surface area (TPSA) is 62.7 Å². The maximum Gasteiger partial charge on any atom is 0.303 e. The van der Waals surface area contributed by atoms with Crippen molar-refractivity contribution >= 4 is 51.8 Å². The van der Waals surface area contributed by atoms with Crippen LogP contribution in [0.5, 0.6) is 5.75 Å². The molecule has 4 rings (SSSR count). The number of ether oxygens (including phenoxy) is 1. The first kappa shape index (κ1) is 27.1. The Kier molecular flexibility index (Phi) is 9.40. The molecule has 1 aliphatic heterocycles. The Morgan fingerprint density at radius 2 is 2.00 bits per heavy atom. The maximum absolute atomic E-state index is 11.8. The number of aromatic nitrogens is 1. The van der Waals surface area contributed by atoms with E-state index in [0.717, 1.165) is 84.7 Å². The minimum atomic E-state index is -0.711. The monoisotopic (exact) mass is 546 g/mol. The number of fused-ring (bicyclic) bond motifs is 1. The highest BCUT2D eigenvalue weighted by Gasteiger charge is 2.36. The molecule has 2 heterocycles. The Balaban J connectivity index is 1.34. The van der Waals surface area contributed by atoms with Gasteiger partial charge in [0, 0.05) is 33.8 Å². The fraction of sp³-hybridized carbons (Fsp3) is 0.429. The van der Waals surface area contributed by atoms with E-state index in [9.17, 15) is 9.90 Å². The molecule has 8 heteroatoms. The van der Waals surface area contributed by atoms with Gasteiger partial charge in [0.25, 0.3) is 0 Å². The quantitative estimate of drug-likeness (QED) is 0.256. The van der Waals surface area contributed by atoms with Crippen molar-refractivity contribution in [3.8, 4) is 5.75 Å². The molecule has 1 saturated heterocycles. The van der Waals surface area contributed by atoms with Gasteiger partial charge in [0.1, 0.15) is 5.75 Å². The first-order valence-electron chi connectivity index (χ1n) is 12.3. The van der Waals surface area contributed by atoms with E-state index in [0.29, 0.717) is 5.02 Å². The summed E-state index contributed by atoms with van der Waals surface area (Å²) < 4.78 is 5.40. The fourth-order valence-electron chi connectivity index (χ4n) is 5.16. The van der Waals surface area contributed by atoms with Crippen molar-refractivity contribution in [3.63, 3.8) is 0 Å². The molecule has 1 fully saturated rings. The number of methoxy groups -OCH3 is 1. The molecule has 5 nitrogen and oxygen atoms in total. The average Bonchev–Trinajstić information content (AvgIpc) is 2.86. The molecule has 1 N–H and O–H groups in total. The number of hydrogen-bond donors (Lipinski definition) is 1. The first-order valence-corrected chi connectivity index (χ1v) is 14.1. The molecule has 0 aliphatic carbocycles. The van der Waals surface area contributed by atoms with Gasteiger partial charge in [-0.3, -0.25) is 9.78 Å². The van der Waals surface area contributed by atoms with Crippen LogP contribution in [0, 0.1) is 5.41 Å². The largest absolute Gasteiger partial charge is 0.497 e. The molecule has 0 unspecified atom stereocenters. The summed E-state index contributed by atoms with van der Waals surface area (Å²) in [7, 11) is 1.65. The lowest BCUT2D eigenvalue weighted by atomic mass is 9.72. The third-order valence-electron chi connectivity index (χ3n) is 7.18. The molecular weight excluding hydrogens is 515 g/mol. The number of hydrogen-bond acceptors (Lipinski definition) is 5. The minimum absolute atomic E-state index is 0.171. The van der Waals surface area contributed by atoms with Gasteiger partial charge >= 0.3 is 5.97 Å². The van der Waals surface area contributed by atoms with Crippen LogP contribution >= 0.6 is 35.0 Å². The van der Waals surface area contributed by atoms with E-state index < -0.39 is 5.97 Å². The van der Waals surface area contributed by atoms with Crippen LogP contribution in [0.3, 0.4) is 0 Å². The predicted octanol–water partition coefficient (Wildman–Crippen LogP) is 7.22. The number of carboxylic acid groups (broad SMARTS) is 1. The van der Waals surface area contributed by atoms with Gasteiger partial charge in [-0.15, -0.1) is 11.8 Å². The number of pyridine rings is 1.